The van der Waals surface area contributed by atoms with Crippen molar-refractivity contribution in [3.8, 4) is 0 Å². The molecule has 9 amide bonds. The molecule has 1 aliphatic rings. The summed E-state index contributed by atoms with van der Waals surface area (Å²) < 4.78 is 0. The van der Waals surface area contributed by atoms with Crippen LogP contribution < -0.4 is 70.8 Å². The van der Waals surface area contributed by atoms with Crippen LogP contribution in [0.2, 0.25) is 0 Å². The topological polar surface area (TPSA) is 386 Å². The van der Waals surface area contributed by atoms with Gasteiger partial charge in [0, 0.05) is 13.0 Å². The van der Waals surface area contributed by atoms with Crippen LogP contribution in [-0.4, -0.2) is 145 Å². The summed E-state index contributed by atoms with van der Waals surface area (Å²) in [4.78, 5) is 126. The average Bonchev–Trinajstić information content (AvgIpc) is 3.34. The van der Waals surface area contributed by atoms with Gasteiger partial charge in [0.05, 0.1) is 12.5 Å². The quantitative estimate of drug-likeness (QED) is 0.0482. The van der Waals surface area contributed by atoms with Gasteiger partial charge in [-0.3, -0.25) is 43.2 Å². The Kier molecular flexibility index (Phi) is 30.8. The van der Waals surface area contributed by atoms with Crippen molar-refractivity contribution in [1.82, 2.24) is 47.9 Å². The van der Waals surface area contributed by atoms with E-state index in [0.29, 0.717) is 12.0 Å². The van der Waals surface area contributed by atoms with Crippen molar-refractivity contribution in [1.29, 1.82) is 0 Å². The van der Waals surface area contributed by atoms with E-state index < -0.39 is 108 Å². The van der Waals surface area contributed by atoms with Crippen LogP contribution in [-0.2, 0) is 49.6 Å². The SMILES string of the molecule is CCCCCCC[C@@H](O)CC(=O)NC(CCN)C(=O)NC1CCNC(=O)[C@H](CC(C)C)NC(=O)C(CCN)NC(=O)[C@H](CCN)NC(=O)[C@H](CC(C)C)NC(=O)C(Cc2ccccc2)NC(=O)C(CCN)NC1=O. The molecule has 2 rings (SSSR count). The third kappa shape index (κ3) is 24.5. The Balaban J connectivity index is 2.68. The second-order valence-corrected chi connectivity index (χ2v) is 19.9. The summed E-state index contributed by atoms with van der Waals surface area (Å²) >= 11 is 0. The van der Waals surface area contributed by atoms with Gasteiger partial charge in [-0.1, -0.05) is 97.1 Å². The Hall–Kier alpha value is -5.75. The smallest absolute Gasteiger partial charge is 0.243 e. The maximum absolute atomic E-state index is 14.4. The normalized spacial score (nSPS) is 23.0. The standard InChI is InChI=1S/C51H89N13O10/c1-6-7-8-9-13-16-34(65)30-43(66)57-35(17-22-52)45(68)61-39-21-26-56-44(67)40(27-31(2)3)62-47(70)37(19-24-54)58-46(69)36(18-23-53)60-50(73)41(28-32(4)5)63-51(74)42(29-33-14-11-10-12-15-33)64-48(71)38(20-25-55)59-49(39)72/h10-12,14-15,31-32,34-42,65H,6-9,13,16-30,52-55H2,1-5H3,(H,56,67)(H,57,66)(H,58,69)(H,59,72)(H,60,73)(H,61,68)(H,62,70)(H,63,74)(H,64,71)/t34-,35?,36+,37?,38?,39?,40+,41+,42?/m1/s1. The molecule has 1 aromatic rings. The van der Waals surface area contributed by atoms with E-state index in [2.05, 4.69) is 54.8 Å². The molecule has 0 saturated carbocycles. The molecule has 23 nitrogen and oxygen atoms in total. The molecular formula is C51H89N13O10. The number of amides is 9. The van der Waals surface area contributed by atoms with Gasteiger partial charge in [0.1, 0.15) is 48.3 Å². The van der Waals surface area contributed by atoms with E-state index in [1.807, 2.05) is 27.7 Å². The monoisotopic (exact) mass is 1040 g/mol. The lowest BCUT2D eigenvalue weighted by atomic mass is 10.00. The van der Waals surface area contributed by atoms with Crippen LogP contribution in [0.15, 0.2) is 30.3 Å². The number of aliphatic hydroxyl groups excluding tert-OH is 1. The van der Waals surface area contributed by atoms with Crippen molar-refractivity contribution in [3.63, 3.8) is 0 Å². The largest absolute Gasteiger partial charge is 0.393 e. The van der Waals surface area contributed by atoms with Crippen LogP contribution in [0.5, 0.6) is 0 Å². The number of unbranched alkanes of at least 4 members (excludes halogenated alkanes) is 4. The van der Waals surface area contributed by atoms with E-state index in [0.717, 1.165) is 32.1 Å². The maximum atomic E-state index is 14.4. The van der Waals surface area contributed by atoms with Gasteiger partial charge in [0.25, 0.3) is 0 Å². The van der Waals surface area contributed by atoms with E-state index in [1.54, 1.807) is 30.3 Å². The van der Waals surface area contributed by atoms with Gasteiger partial charge in [-0.15, -0.1) is 0 Å². The lowest BCUT2D eigenvalue weighted by Gasteiger charge is -2.28. The zero-order valence-corrected chi connectivity index (χ0v) is 44.3. The fourth-order valence-corrected chi connectivity index (χ4v) is 8.40. The first-order valence-electron chi connectivity index (χ1n) is 26.5. The van der Waals surface area contributed by atoms with Gasteiger partial charge in [0.15, 0.2) is 0 Å². The molecule has 1 aromatic carbocycles. The Labute approximate surface area is 436 Å². The van der Waals surface area contributed by atoms with E-state index in [4.69, 9.17) is 22.9 Å². The molecule has 1 fully saturated rings. The van der Waals surface area contributed by atoms with Crippen LogP contribution in [0.25, 0.3) is 0 Å². The number of nitrogens with one attached hydrogen (secondary N) is 9. The summed E-state index contributed by atoms with van der Waals surface area (Å²) in [5, 5.41) is 34.7. The summed E-state index contributed by atoms with van der Waals surface area (Å²) in [6, 6.07) is -1.57. The van der Waals surface area contributed by atoms with Crippen LogP contribution in [0.4, 0.5) is 0 Å². The highest BCUT2D eigenvalue weighted by atomic mass is 16.3. The average molecular weight is 1040 g/mol. The highest BCUT2D eigenvalue weighted by molar-refractivity contribution is 5.98. The Bertz CT molecular complexity index is 1930. The minimum Gasteiger partial charge on any atom is -0.393 e. The molecule has 0 aromatic heterocycles. The number of benzene rings is 1. The molecule has 74 heavy (non-hydrogen) atoms. The predicted octanol–water partition coefficient (Wildman–Crippen LogP) is -1.77. The molecule has 9 atom stereocenters. The number of hydrogen-bond acceptors (Lipinski definition) is 14. The lowest BCUT2D eigenvalue weighted by molar-refractivity contribution is -0.136. The first-order chi connectivity index (χ1) is 35.3. The molecular weight excluding hydrogens is 955 g/mol. The fraction of sp³-hybridized carbons (Fsp3) is 0.706. The molecule has 0 aliphatic carbocycles. The van der Waals surface area contributed by atoms with Crippen molar-refractivity contribution < 1.29 is 48.3 Å². The number of carbonyl (C=O) groups is 9. The van der Waals surface area contributed by atoms with Gasteiger partial charge < -0.3 is 75.9 Å². The van der Waals surface area contributed by atoms with E-state index >= 15 is 0 Å². The summed E-state index contributed by atoms with van der Waals surface area (Å²) in [6.07, 6.45) is 3.59. The van der Waals surface area contributed by atoms with Crippen molar-refractivity contribution in [2.75, 3.05) is 32.7 Å². The number of nitrogens with two attached hydrogens (primary N) is 4. The Morgan fingerprint density at radius 2 is 1.05 bits per heavy atom. The molecule has 23 heteroatoms. The van der Waals surface area contributed by atoms with Gasteiger partial charge in [-0.25, -0.2) is 0 Å². The zero-order valence-electron chi connectivity index (χ0n) is 44.3. The molecule has 5 unspecified atom stereocenters. The molecule has 1 saturated heterocycles. The van der Waals surface area contributed by atoms with Crippen LogP contribution in [0, 0.1) is 11.8 Å². The minimum atomic E-state index is -1.47. The third-order valence-electron chi connectivity index (χ3n) is 12.4. The molecule has 418 valence electrons. The maximum Gasteiger partial charge on any atom is 0.243 e. The van der Waals surface area contributed by atoms with Crippen LogP contribution in [0.1, 0.15) is 130 Å². The van der Waals surface area contributed by atoms with Gasteiger partial charge in [-0.05, 0) is 94.9 Å². The van der Waals surface area contributed by atoms with E-state index in [1.165, 1.54) is 0 Å². The molecule has 0 spiro atoms. The molecule has 1 aliphatic heterocycles. The second kappa shape index (κ2) is 35.4. The lowest BCUT2D eigenvalue weighted by Crippen LogP contribution is -2.61. The van der Waals surface area contributed by atoms with Crippen molar-refractivity contribution in [2.45, 2.75) is 185 Å². The van der Waals surface area contributed by atoms with E-state index in [9.17, 15) is 48.3 Å². The fourth-order valence-electron chi connectivity index (χ4n) is 8.40. The van der Waals surface area contributed by atoms with Crippen molar-refractivity contribution >= 4 is 53.2 Å². The summed E-state index contributed by atoms with van der Waals surface area (Å²) in [6.45, 7) is 8.90. The minimum absolute atomic E-state index is 0.0440. The molecule has 18 N–H and O–H groups in total. The molecule has 0 bridgehead atoms. The number of aliphatic hydroxyl groups is 1. The Morgan fingerprint density at radius 1 is 0.595 bits per heavy atom. The van der Waals surface area contributed by atoms with Gasteiger partial charge >= 0.3 is 0 Å². The molecule has 0 radical (unpaired) electrons. The first kappa shape index (κ1) is 64.4. The van der Waals surface area contributed by atoms with E-state index in [-0.39, 0.29) is 102 Å². The first-order valence-corrected chi connectivity index (χ1v) is 26.5. The van der Waals surface area contributed by atoms with Crippen LogP contribution in [0.3, 0.4) is 0 Å². The predicted molar refractivity (Wildman–Crippen MR) is 281 cm³/mol. The van der Waals surface area contributed by atoms with Gasteiger partial charge in [-0.2, -0.15) is 0 Å². The molecule has 1 heterocycles. The van der Waals surface area contributed by atoms with Crippen LogP contribution >= 0.6 is 0 Å². The van der Waals surface area contributed by atoms with Crippen molar-refractivity contribution in [3.05, 3.63) is 35.9 Å². The second-order valence-electron chi connectivity index (χ2n) is 19.9. The number of rotatable bonds is 25. The van der Waals surface area contributed by atoms with Gasteiger partial charge in [0.2, 0.25) is 53.2 Å². The highest BCUT2D eigenvalue weighted by Crippen LogP contribution is 2.13. The summed E-state index contributed by atoms with van der Waals surface area (Å²) in [5.41, 5.74) is 24.2. The summed E-state index contributed by atoms with van der Waals surface area (Å²) in [5.74, 6) is -7.07. The van der Waals surface area contributed by atoms with Crippen molar-refractivity contribution in [2.24, 2.45) is 34.8 Å². The zero-order chi connectivity index (χ0) is 55.2. The highest BCUT2D eigenvalue weighted by Gasteiger charge is 2.35. The Morgan fingerprint density at radius 3 is 1.55 bits per heavy atom. The number of hydrogen-bond donors (Lipinski definition) is 14. The number of carbonyl (C=O) groups excluding carboxylic acids is 9. The third-order valence-corrected chi connectivity index (χ3v) is 12.4. The summed E-state index contributed by atoms with van der Waals surface area (Å²) in [7, 11) is 0.